The van der Waals surface area contributed by atoms with Gasteiger partial charge in [0, 0.05) is 11.9 Å². The molecule has 0 aromatic carbocycles. The van der Waals surface area contributed by atoms with Crippen LogP contribution < -0.4 is 5.43 Å². The van der Waals surface area contributed by atoms with Crippen LogP contribution in [0.1, 0.15) is 13.8 Å². The topological polar surface area (TPSA) is 54.4 Å². The zero-order chi connectivity index (χ0) is 11.1. The van der Waals surface area contributed by atoms with Gasteiger partial charge in [0.15, 0.2) is 0 Å². The van der Waals surface area contributed by atoms with Crippen LogP contribution in [-0.2, 0) is 4.79 Å². The largest absolute Gasteiger partial charge is 0.272 e. The zero-order valence-corrected chi connectivity index (χ0v) is 9.54. The van der Waals surface area contributed by atoms with Gasteiger partial charge in [-0.25, -0.2) is 10.4 Å². The molecule has 4 nitrogen and oxygen atoms in total. The summed E-state index contributed by atoms with van der Waals surface area (Å²) >= 11 is 1.39. The number of hydrazone groups is 1. The number of pyridine rings is 1. The van der Waals surface area contributed by atoms with E-state index >= 15 is 0 Å². The number of carbonyl (C=O) groups is 1. The molecule has 1 amide bonds. The standard InChI is InChI=1S/C10H13N3OS/c1-8(2)12-13-9(14)7-15-10-5-3-4-6-11-10/h3-6H,7H2,1-2H3,(H,13,14). The molecule has 0 bridgehead atoms. The van der Waals surface area contributed by atoms with E-state index in [-0.39, 0.29) is 5.91 Å². The number of hydrogen-bond acceptors (Lipinski definition) is 4. The van der Waals surface area contributed by atoms with E-state index in [2.05, 4.69) is 15.5 Å². The number of hydrogen-bond donors (Lipinski definition) is 1. The highest BCUT2D eigenvalue weighted by Gasteiger charge is 2.01. The first-order valence-electron chi connectivity index (χ1n) is 4.52. The number of aromatic nitrogens is 1. The minimum atomic E-state index is -0.119. The summed E-state index contributed by atoms with van der Waals surface area (Å²) in [6, 6.07) is 5.60. The van der Waals surface area contributed by atoms with Crippen LogP contribution in [0.3, 0.4) is 0 Å². The van der Waals surface area contributed by atoms with Gasteiger partial charge in [0.25, 0.3) is 0 Å². The van der Waals surface area contributed by atoms with Crippen LogP contribution in [0.4, 0.5) is 0 Å². The molecule has 1 N–H and O–H groups in total. The summed E-state index contributed by atoms with van der Waals surface area (Å²) in [5.41, 5.74) is 3.28. The third kappa shape index (κ3) is 5.17. The Hall–Kier alpha value is -1.36. The molecule has 0 saturated heterocycles. The molecule has 1 rings (SSSR count). The molecule has 0 saturated carbocycles. The molecule has 0 radical (unpaired) electrons. The Morgan fingerprint density at radius 3 is 2.93 bits per heavy atom. The van der Waals surface area contributed by atoms with Gasteiger partial charge >= 0.3 is 0 Å². The SMILES string of the molecule is CC(C)=NNC(=O)CSc1ccccn1. The molecular formula is C10H13N3OS. The van der Waals surface area contributed by atoms with Crippen molar-refractivity contribution in [3.05, 3.63) is 24.4 Å². The lowest BCUT2D eigenvalue weighted by atomic mass is 10.5. The summed E-state index contributed by atoms with van der Waals surface area (Å²) in [5.74, 6) is 0.209. The van der Waals surface area contributed by atoms with Crippen LogP contribution in [0.25, 0.3) is 0 Å². The summed E-state index contributed by atoms with van der Waals surface area (Å²) in [6.07, 6.45) is 1.70. The molecule has 1 aromatic rings. The first kappa shape index (κ1) is 11.7. The molecule has 1 heterocycles. The molecule has 0 unspecified atom stereocenters. The molecule has 0 atom stereocenters. The number of rotatable bonds is 4. The normalized spacial score (nSPS) is 9.47. The van der Waals surface area contributed by atoms with Crippen LogP contribution in [0.5, 0.6) is 0 Å². The lowest BCUT2D eigenvalue weighted by Crippen LogP contribution is -2.20. The Labute approximate surface area is 93.2 Å². The quantitative estimate of drug-likeness (QED) is 0.480. The van der Waals surface area contributed by atoms with Crippen molar-refractivity contribution in [3.63, 3.8) is 0 Å². The summed E-state index contributed by atoms with van der Waals surface area (Å²) in [7, 11) is 0. The van der Waals surface area contributed by atoms with Crippen LogP contribution >= 0.6 is 11.8 Å². The summed E-state index contributed by atoms with van der Waals surface area (Å²) in [4.78, 5) is 15.3. The van der Waals surface area contributed by atoms with Gasteiger partial charge in [0.05, 0.1) is 10.8 Å². The fourth-order valence-electron chi connectivity index (χ4n) is 0.778. The maximum atomic E-state index is 11.3. The second-order valence-corrected chi connectivity index (χ2v) is 4.05. The molecule has 1 aromatic heterocycles. The van der Waals surface area contributed by atoms with Gasteiger partial charge < -0.3 is 0 Å². The Morgan fingerprint density at radius 1 is 1.53 bits per heavy atom. The van der Waals surface area contributed by atoms with Crippen LogP contribution in [0.2, 0.25) is 0 Å². The molecule has 0 fully saturated rings. The van der Waals surface area contributed by atoms with Gasteiger partial charge in [-0.15, -0.1) is 0 Å². The highest BCUT2D eigenvalue weighted by atomic mass is 32.2. The number of carbonyl (C=O) groups excluding carboxylic acids is 1. The van der Waals surface area contributed by atoms with Crippen molar-refractivity contribution >= 4 is 23.4 Å². The third-order valence-electron chi connectivity index (χ3n) is 1.39. The first-order valence-corrected chi connectivity index (χ1v) is 5.50. The molecule has 0 spiro atoms. The highest BCUT2D eigenvalue weighted by molar-refractivity contribution is 7.99. The fourth-order valence-corrected chi connectivity index (χ4v) is 1.43. The van der Waals surface area contributed by atoms with Crippen molar-refractivity contribution in [1.29, 1.82) is 0 Å². The van der Waals surface area contributed by atoms with E-state index in [9.17, 15) is 4.79 Å². The van der Waals surface area contributed by atoms with Gasteiger partial charge in [-0.3, -0.25) is 4.79 Å². The van der Waals surface area contributed by atoms with Crippen molar-refractivity contribution in [3.8, 4) is 0 Å². The molecule has 0 aliphatic carbocycles. The lowest BCUT2D eigenvalue weighted by molar-refractivity contribution is -0.118. The predicted molar refractivity (Wildman–Crippen MR) is 61.9 cm³/mol. The fraction of sp³-hybridized carbons (Fsp3) is 0.300. The van der Waals surface area contributed by atoms with Gasteiger partial charge in [0.2, 0.25) is 5.91 Å². The van der Waals surface area contributed by atoms with Crippen molar-refractivity contribution in [2.24, 2.45) is 5.10 Å². The predicted octanol–water partition coefficient (Wildman–Crippen LogP) is 1.69. The maximum absolute atomic E-state index is 11.3. The van der Waals surface area contributed by atoms with Crippen molar-refractivity contribution in [2.75, 3.05) is 5.75 Å². The summed E-state index contributed by atoms with van der Waals surface area (Å²) in [5, 5.41) is 4.66. The van der Waals surface area contributed by atoms with E-state index in [4.69, 9.17) is 0 Å². The van der Waals surface area contributed by atoms with Crippen LogP contribution in [-0.4, -0.2) is 22.4 Å². The van der Waals surface area contributed by atoms with E-state index in [1.165, 1.54) is 11.8 Å². The number of thioether (sulfide) groups is 1. The van der Waals surface area contributed by atoms with Crippen molar-refractivity contribution in [2.45, 2.75) is 18.9 Å². The Bertz CT molecular complexity index is 347. The summed E-state index contributed by atoms with van der Waals surface area (Å²) < 4.78 is 0. The van der Waals surface area contributed by atoms with Crippen LogP contribution in [0, 0.1) is 0 Å². The van der Waals surface area contributed by atoms with Gasteiger partial charge in [-0.2, -0.15) is 5.10 Å². The second kappa shape index (κ2) is 6.19. The number of nitrogens with one attached hydrogen (secondary N) is 1. The first-order chi connectivity index (χ1) is 7.18. The molecule has 80 valence electrons. The molecule has 0 aliphatic heterocycles. The summed E-state index contributed by atoms with van der Waals surface area (Å²) in [6.45, 7) is 3.65. The Kier molecular flexibility index (Phi) is 4.83. The van der Waals surface area contributed by atoms with Gasteiger partial charge in [0.1, 0.15) is 0 Å². The monoisotopic (exact) mass is 223 g/mol. The molecule has 15 heavy (non-hydrogen) atoms. The third-order valence-corrected chi connectivity index (χ3v) is 2.34. The average Bonchev–Trinajstić information content (AvgIpc) is 2.25. The van der Waals surface area contributed by atoms with Gasteiger partial charge in [-0.1, -0.05) is 17.8 Å². The molecular weight excluding hydrogens is 210 g/mol. The average molecular weight is 223 g/mol. The zero-order valence-electron chi connectivity index (χ0n) is 8.73. The van der Waals surface area contributed by atoms with Gasteiger partial charge in [-0.05, 0) is 26.0 Å². The van der Waals surface area contributed by atoms with E-state index in [0.29, 0.717) is 5.75 Å². The number of nitrogens with zero attached hydrogens (tertiary/aromatic N) is 2. The Morgan fingerprint density at radius 2 is 2.33 bits per heavy atom. The van der Waals surface area contributed by atoms with Crippen molar-refractivity contribution in [1.82, 2.24) is 10.4 Å². The van der Waals surface area contributed by atoms with Crippen LogP contribution in [0.15, 0.2) is 34.5 Å². The van der Waals surface area contributed by atoms with E-state index in [1.54, 1.807) is 6.20 Å². The van der Waals surface area contributed by atoms with Crippen molar-refractivity contribution < 1.29 is 4.79 Å². The van der Waals surface area contributed by atoms with E-state index < -0.39 is 0 Å². The smallest absolute Gasteiger partial charge is 0.250 e. The molecule has 0 aliphatic rings. The minimum absolute atomic E-state index is 0.119. The minimum Gasteiger partial charge on any atom is -0.272 e. The number of amides is 1. The highest BCUT2D eigenvalue weighted by Crippen LogP contribution is 2.12. The maximum Gasteiger partial charge on any atom is 0.250 e. The molecule has 5 heteroatoms. The second-order valence-electron chi connectivity index (χ2n) is 3.05. The van der Waals surface area contributed by atoms with E-state index in [0.717, 1.165) is 10.7 Å². The Balaban J connectivity index is 2.32. The lowest BCUT2D eigenvalue weighted by Gasteiger charge is -1.99. The van der Waals surface area contributed by atoms with E-state index in [1.807, 2.05) is 32.0 Å².